The van der Waals surface area contributed by atoms with Crippen LogP contribution in [0.2, 0.25) is 10.0 Å². The second kappa shape index (κ2) is 10.5. The number of nitrogens with two attached hydrogens (primary N) is 1. The zero-order chi connectivity index (χ0) is 23.3. The van der Waals surface area contributed by atoms with Crippen molar-refractivity contribution >= 4 is 63.8 Å². The van der Waals surface area contributed by atoms with E-state index in [9.17, 15) is 9.59 Å². The van der Waals surface area contributed by atoms with Crippen LogP contribution in [0.15, 0.2) is 60.7 Å². The number of rotatable bonds is 5. The third kappa shape index (κ3) is 5.56. The number of anilines is 2. The second-order valence-corrected chi connectivity index (χ2v) is 7.94. The molecule has 32 heavy (non-hydrogen) atoms. The molecule has 0 saturated heterocycles. The molecule has 0 aliphatic rings. The van der Waals surface area contributed by atoms with Gasteiger partial charge in [-0.05, 0) is 53.7 Å². The van der Waals surface area contributed by atoms with E-state index in [0.29, 0.717) is 43.7 Å². The average molecular weight is 488 g/mol. The smallest absolute Gasteiger partial charge is 0.413 e. The van der Waals surface area contributed by atoms with E-state index in [1.807, 2.05) is 6.07 Å². The van der Waals surface area contributed by atoms with Crippen molar-refractivity contribution in [3.8, 4) is 0 Å². The molecule has 0 aromatic heterocycles. The highest BCUT2D eigenvalue weighted by Gasteiger charge is 2.18. The van der Waals surface area contributed by atoms with Gasteiger partial charge in [0.1, 0.15) is 0 Å². The first-order valence-corrected chi connectivity index (χ1v) is 10.6. The zero-order valence-electron chi connectivity index (χ0n) is 16.9. The molecule has 0 fully saturated rings. The Bertz CT molecular complexity index is 1190. The molecule has 0 unspecified atom stereocenters. The molecule has 6 nitrogen and oxygen atoms in total. The Balaban J connectivity index is 2.02. The van der Waals surface area contributed by atoms with Crippen molar-refractivity contribution < 1.29 is 14.3 Å². The standard InChI is InChI=1S/C23H19Cl2N3O3S/c1-31-23(30)28-22(32)27-15-7-8-16(21(29)13-5-3-2-4-6-13)14(11-15)12-17-18(24)9-10-19(26)20(17)25/h2-11H,12,26H2,1H3,(H2,27,28,30,32). The molecule has 3 aromatic rings. The summed E-state index contributed by atoms with van der Waals surface area (Å²) in [7, 11) is 1.24. The van der Waals surface area contributed by atoms with Gasteiger partial charge in [-0.2, -0.15) is 0 Å². The van der Waals surface area contributed by atoms with Crippen LogP contribution in [-0.2, 0) is 11.2 Å². The number of ether oxygens (including phenoxy) is 1. The van der Waals surface area contributed by atoms with E-state index in [1.165, 1.54) is 7.11 Å². The van der Waals surface area contributed by atoms with Gasteiger partial charge in [0.25, 0.3) is 0 Å². The predicted octanol–water partition coefficient (Wildman–Crippen LogP) is 5.45. The maximum atomic E-state index is 13.2. The number of nitrogen functional groups attached to an aromatic ring is 1. The van der Waals surface area contributed by atoms with Gasteiger partial charge in [0.05, 0.1) is 17.8 Å². The molecule has 4 N–H and O–H groups in total. The highest BCUT2D eigenvalue weighted by atomic mass is 35.5. The Kier molecular flexibility index (Phi) is 7.69. The first-order valence-electron chi connectivity index (χ1n) is 9.41. The SMILES string of the molecule is COC(=O)NC(=S)Nc1ccc(C(=O)c2ccccc2)c(Cc2c(Cl)ccc(N)c2Cl)c1. The lowest BCUT2D eigenvalue weighted by molar-refractivity contribution is 0.103. The van der Waals surface area contributed by atoms with E-state index in [4.69, 9.17) is 41.2 Å². The van der Waals surface area contributed by atoms with Crippen LogP contribution in [0.25, 0.3) is 0 Å². The van der Waals surface area contributed by atoms with E-state index in [2.05, 4.69) is 15.4 Å². The number of benzene rings is 3. The second-order valence-electron chi connectivity index (χ2n) is 6.74. The van der Waals surface area contributed by atoms with Crippen LogP contribution >= 0.6 is 35.4 Å². The lowest BCUT2D eigenvalue weighted by Gasteiger charge is -2.15. The van der Waals surface area contributed by atoms with Crippen LogP contribution in [0.3, 0.4) is 0 Å². The summed E-state index contributed by atoms with van der Waals surface area (Å²) in [6.07, 6.45) is -0.444. The van der Waals surface area contributed by atoms with Crippen molar-refractivity contribution in [2.24, 2.45) is 0 Å². The molecule has 0 bridgehead atoms. The molecule has 0 heterocycles. The van der Waals surface area contributed by atoms with Crippen LogP contribution in [0, 0.1) is 0 Å². The third-order valence-electron chi connectivity index (χ3n) is 4.63. The Morgan fingerprint density at radius 1 is 1.06 bits per heavy atom. The summed E-state index contributed by atoms with van der Waals surface area (Å²) in [6, 6.07) is 17.3. The summed E-state index contributed by atoms with van der Waals surface area (Å²) in [5.74, 6) is -0.154. The third-order valence-corrected chi connectivity index (χ3v) is 5.63. The maximum Gasteiger partial charge on any atom is 0.413 e. The van der Waals surface area contributed by atoms with E-state index < -0.39 is 6.09 Å². The first-order chi connectivity index (χ1) is 15.3. The minimum atomic E-state index is -0.697. The number of thiocarbonyl (C=S) groups is 1. The van der Waals surface area contributed by atoms with Gasteiger partial charge in [0.2, 0.25) is 0 Å². The minimum Gasteiger partial charge on any atom is -0.453 e. The van der Waals surface area contributed by atoms with Crippen molar-refractivity contribution in [2.75, 3.05) is 18.2 Å². The number of halogens is 2. The van der Waals surface area contributed by atoms with Crippen LogP contribution in [0.1, 0.15) is 27.0 Å². The van der Waals surface area contributed by atoms with Crippen molar-refractivity contribution in [3.05, 3.63) is 93.0 Å². The van der Waals surface area contributed by atoms with Gasteiger partial charge in [-0.25, -0.2) is 4.79 Å². The molecular formula is C23H19Cl2N3O3S. The van der Waals surface area contributed by atoms with E-state index in [-0.39, 0.29) is 17.3 Å². The maximum absolute atomic E-state index is 13.2. The number of nitrogens with one attached hydrogen (secondary N) is 2. The summed E-state index contributed by atoms with van der Waals surface area (Å²) in [6.45, 7) is 0. The fraction of sp³-hybridized carbons (Fsp3) is 0.0870. The largest absolute Gasteiger partial charge is 0.453 e. The number of carbonyl (C=O) groups is 2. The molecule has 0 aliphatic heterocycles. The fourth-order valence-corrected chi connectivity index (χ4v) is 3.76. The number of carbonyl (C=O) groups excluding carboxylic acids is 2. The average Bonchev–Trinajstić information content (AvgIpc) is 2.79. The molecule has 3 rings (SSSR count). The number of ketones is 1. The number of amides is 1. The van der Waals surface area contributed by atoms with E-state index >= 15 is 0 Å². The molecule has 0 radical (unpaired) electrons. The molecule has 3 aromatic carbocycles. The van der Waals surface area contributed by atoms with Gasteiger partial charge in [0, 0.05) is 28.3 Å². The molecule has 164 valence electrons. The van der Waals surface area contributed by atoms with Crippen LogP contribution in [0.4, 0.5) is 16.2 Å². The molecule has 0 aliphatic carbocycles. The number of methoxy groups -OCH3 is 1. The quantitative estimate of drug-likeness (QED) is 0.251. The Morgan fingerprint density at radius 3 is 2.47 bits per heavy atom. The number of alkyl carbamates (subject to hydrolysis) is 1. The summed E-state index contributed by atoms with van der Waals surface area (Å²) >= 11 is 17.9. The van der Waals surface area contributed by atoms with Crippen molar-refractivity contribution in [3.63, 3.8) is 0 Å². The van der Waals surface area contributed by atoms with Gasteiger partial charge < -0.3 is 15.8 Å². The van der Waals surface area contributed by atoms with Gasteiger partial charge in [-0.3, -0.25) is 10.1 Å². The van der Waals surface area contributed by atoms with Crippen molar-refractivity contribution in [1.29, 1.82) is 0 Å². The van der Waals surface area contributed by atoms with Crippen molar-refractivity contribution in [2.45, 2.75) is 6.42 Å². The molecular weight excluding hydrogens is 469 g/mol. The van der Waals surface area contributed by atoms with E-state index in [1.54, 1.807) is 54.6 Å². The highest BCUT2D eigenvalue weighted by Crippen LogP contribution is 2.33. The fourth-order valence-electron chi connectivity index (χ4n) is 3.06. The topological polar surface area (TPSA) is 93.5 Å². The lowest BCUT2D eigenvalue weighted by atomic mass is 9.93. The lowest BCUT2D eigenvalue weighted by Crippen LogP contribution is -2.33. The van der Waals surface area contributed by atoms with Gasteiger partial charge in [-0.15, -0.1) is 0 Å². The molecule has 9 heteroatoms. The van der Waals surface area contributed by atoms with Crippen LogP contribution in [-0.4, -0.2) is 24.1 Å². The van der Waals surface area contributed by atoms with Gasteiger partial charge >= 0.3 is 6.09 Å². The number of hydrogen-bond acceptors (Lipinski definition) is 5. The monoisotopic (exact) mass is 487 g/mol. The van der Waals surface area contributed by atoms with E-state index in [0.717, 1.165) is 0 Å². The molecule has 1 amide bonds. The molecule has 0 saturated carbocycles. The molecule has 0 atom stereocenters. The molecule has 0 spiro atoms. The Morgan fingerprint density at radius 2 is 1.78 bits per heavy atom. The van der Waals surface area contributed by atoms with Gasteiger partial charge in [-0.1, -0.05) is 53.5 Å². The Labute approximate surface area is 200 Å². The predicted molar refractivity (Wildman–Crippen MR) is 132 cm³/mol. The summed E-state index contributed by atoms with van der Waals surface area (Å²) in [5, 5.41) is 6.08. The van der Waals surface area contributed by atoms with Crippen molar-refractivity contribution in [1.82, 2.24) is 5.32 Å². The van der Waals surface area contributed by atoms with Crippen LogP contribution in [0.5, 0.6) is 0 Å². The minimum absolute atomic E-state index is 0.0463. The normalized spacial score (nSPS) is 10.3. The Hall–Kier alpha value is -3.13. The van der Waals surface area contributed by atoms with Crippen LogP contribution < -0.4 is 16.4 Å². The highest BCUT2D eigenvalue weighted by molar-refractivity contribution is 7.80. The van der Waals surface area contributed by atoms with Gasteiger partial charge in [0.15, 0.2) is 10.9 Å². The first kappa shape index (κ1) is 23.5. The summed E-state index contributed by atoms with van der Waals surface area (Å²) < 4.78 is 4.54. The number of hydrogen-bond donors (Lipinski definition) is 3. The zero-order valence-corrected chi connectivity index (χ0v) is 19.3. The summed E-state index contributed by atoms with van der Waals surface area (Å²) in [4.78, 5) is 24.6. The summed E-state index contributed by atoms with van der Waals surface area (Å²) in [5.41, 5.74) is 9.17.